The molecule has 0 aliphatic heterocycles. The van der Waals surface area contributed by atoms with Crippen LogP contribution in [0.3, 0.4) is 0 Å². The lowest BCUT2D eigenvalue weighted by Crippen LogP contribution is -2.31. The summed E-state index contributed by atoms with van der Waals surface area (Å²) in [5.74, 6) is 1.73. The Balaban J connectivity index is 0.00000261. The number of hydrogen-bond acceptors (Lipinski definition) is 4. The van der Waals surface area contributed by atoms with Gasteiger partial charge in [0.25, 0.3) is 0 Å². The number of nitrogens with zero attached hydrogens (tertiary/aromatic N) is 2. The van der Waals surface area contributed by atoms with Gasteiger partial charge in [0.1, 0.15) is 0 Å². The molecule has 3 aromatic rings. The monoisotopic (exact) mass is 478 g/mol. The zero-order chi connectivity index (χ0) is 18.4. The topological polar surface area (TPSA) is 81.8 Å². The van der Waals surface area contributed by atoms with Gasteiger partial charge in [-0.15, -0.1) is 24.0 Å². The molecule has 6 nitrogen and oxygen atoms in total. The molecule has 0 aliphatic carbocycles. The summed E-state index contributed by atoms with van der Waals surface area (Å²) in [7, 11) is 3.22. The quantitative estimate of drug-likeness (QED) is 0.322. The fraction of sp³-hybridized carbons (Fsp3) is 0.200. The van der Waals surface area contributed by atoms with Crippen molar-refractivity contribution in [1.82, 2.24) is 10.3 Å². The summed E-state index contributed by atoms with van der Waals surface area (Å²) in [6.45, 7) is 0.963. The molecule has 0 bridgehead atoms. The lowest BCUT2D eigenvalue weighted by atomic mass is 10.1. The minimum Gasteiger partial charge on any atom is -0.493 e. The second-order valence-corrected chi connectivity index (χ2v) is 5.72. The average Bonchev–Trinajstić information content (AvgIpc) is 2.70. The van der Waals surface area contributed by atoms with E-state index in [9.17, 15) is 0 Å². The molecule has 142 valence electrons. The van der Waals surface area contributed by atoms with Crippen LogP contribution < -0.4 is 20.5 Å². The highest BCUT2D eigenvalue weighted by molar-refractivity contribution is 14.0. The fourth-order valence-corrected chi connectivity index (χ4v) is 2.71. The first-order valence-electron chi connectivity index (χ1n) is 8.28. The summed E-state index contributed by atoms with van der Waals surface area (Å²) in [4.78, 5) is 8.82. The molecule has 0 saturated carbocycles. The maximum atomic E-state index is 6.00. The number of aliphatic imine (C=N–C) groups is 1. The summed E-state index contributed by atoms with van der Waals surface area (Å²) in [6.07, 6.45) is 1.80. The summed E-state index contributed by atoms with van der Waals surface area (Å²) < 4.78 is 10.5. The Morgan fingerprint density at radius 3 is 2.63 bits per heavy atom. The van der Waals surface area contributed by atoms with E-state index in [1.807, 2.05) is 36.4 Å². The minimum absolute atomic E-state index is 0. The lowest BCUT2D eigenvalue weighted by Gasteiger charge is -2.10. The van der Waals surface area contributed by atoms with Crippen LogP contribution in [0.5, 0.6) is 11.5 Å². The number of pyridine rings is 1. The third-order valence-electron chi connectivity index (χ3n) is 4.07. The molecular weight excluding hydrogens is 455 g/mol. The van der Waals surface area contributed by atoms with Gasteiger partial charge < -0.3 is 20.5 Å². The Kier molecular flexibility index (Phi) is 7.66. The Bertz CT molecular complexity index is 926. The maximum Gasteiger partial charge on any atom is 0.189 e. The van der Waals surface area contributed by atoms with Crippen LogP contribution in [0, 0.1) is 0 Å². The van der Waals surface area contributed by atoms with Crippen LogP contribution in [0.15, 0.2) is 59.7 Å². The normalized spacial score (nSPS) is 11.0. The van der Waals surface area contributed by atoms with E-state index in [-0.39, 0.29) is 24.0 Å². The van der Waals surface area contributed by atoms with E-state index >= 15 is 0 Å². The van der Waals surface area contributed by atoms with E-state index in [2.05, 4.69) is 27.4 Å². The zero-order valence-electron chi connectivity index (χ0n) is 15.3. The third kappa shape index (κ3) is 5.22. The van der Waals surface area contributed by atoms with Crippen LogP contribution in [0.1, 0.15) is 11.3 Å². The van der Waals surface area contributed by atoms with Crippen LogP contribution in [-0.4, -0.2) is 25.2 Å². The number of fused-ring (bicyclic) bond motifs is 1. The first kappa shape index (κ1) is 20.8. The summed E-state index contributed by atoms with van der Waals surface area (Å²) in [6, 6.07) is 15.8. The molecule has 0 aliphatic rings. The zero-order valence-corrected chi connectivity index (χ0v) is 17.6. The summed E-state index contributed by atoms with van der Waals surface area (Å²) in [5, 5.41) is 5.38. The van der Waals surface area contributed by atoms with Crippen LogP contribution in [0.2, 0.25) is 0 Å². The number of ether oxygens (including phenoxy) is 2. The fourth-order valence-electron chi connectivity index (χ4n) is 2.71. The smallest absolute Gasteiger partial charge is 0.189 e. The molecule has 3 rings (SSSR count). The molecule has 0 saturated heterocycles. The molecule has 2 aromatic carbocycles. The van der Waals surface area contributed by atoms with Crippen LogP contribution in [-0.2, 0) is 13.1 Å². The number of nitrogens with two attached hydrogens (primary N) is 1. The Labute approximate surface area is 175 Å². The molecule has 27 heavy (non-hydrogen) atoms. The van der Waals surface area contributed by atoms with E-state index in [0.29, 0.717) is 30.5 Å². The molecule has 0 unspecified atom stereocenters. The average molecular weight is 478 g/mol. The van der Waals surface area contributed by atoms with Crippen molar-refractivity contribution in [1.29, 1.82) is 0 Å². The Morgan fingerprint density at radius 2 is 1.85 bits per heavy atom. The predicted octanol–water partition coefficient (Wildman–Crippen LogP) is 3.47. The van der Waals surface area contributed by atoms with Crippen molar-refractivity contribution in [2.45, 2.75) is 13.1 Å². The minimum atomic E-state index is 0. The molecule has 0 fully saturated rings. The molecule has 0 atom stereocenters. The molecule has 1 heterocycles. The van der Waals surface area contributed by atoms with Crippen LogP contribution in [0.25, 0.3) is 10.8 Å². The Hall–Kier alpha value is -2.55. The number of halogens is 1. The summed E-state index contributed by atoms with van der Waals surface area (Å²) in [5.41, 5.74) is 7.91. The highest BCUT2D eigenvalue weighted by Gasteiger charge is 2.05. The molecule has 1 aromatic heterocycles. The number of nitrogens with one attached hydrogen (secondary N) is 1. The first-order chi connectivity index (χ1) is 12.7. The van der Waals surface area contributed by atoms with Crippen molar-refractivity contribution in [2.24, 2.45) is 10.7 Å². The van der Waals surface area contributed by atoms with Crippen molar-refractivity contribution in [3.63, 3.8) is 0 Å². The van der Waals surface area contributed by atoms with Gasteiger partial charge in [-0.25, -0.2) is 4.99 Å². The molecule has 3 N–H and O–H groups in total. The van der Waals surface area contributed by atoms with Crippen LogP contribution >= 0.6 is 24.0 Å². The second kappa shape index (κ2) is 9.96. The predicted molar refractivity (Wildman–Crippen MR) is 119 cm³/mol. The Morgan fingerprint density at radius 1 is 1.07 bits per heavy atom. The third-order valence-corrected chi connectivity index (χ3v) is 4.07. The number of benzene rings is 2. The largest absolute Gasteiger partial charge is 0.493 e. The molecule has 0 radical (unpaired) electrons. The van der Waals surface area contributed by atoms with Crippen molar-refractivity contribution in [2.75, 3.05) is 14.2 Å². The van der Waals surface area contributed by atoms with E-state index in [0.717, 1.165) is 22.0 Å². The number of rotatable bonds is 6. The van der Waals surface area contributed by atoms with E-state index in [4.69, 9.17) is 15.2 Å². The van der Waals surface area contributed by atoms with E-state index in [1.165, 1.54) is 0 Å². The SMILES string of the molecule is COc1ccc(CN=C(N)NCc2nccc3ccccc23)cc1OC.I. The number of methoxy groups -OCH3 is 2. The van der Waals surface area contributed by atoms with Gasteiger partial charge in [0, 0.05) is 11.6 Å². The van der Waals surface area contributed by atoms with Crippen molar-refractivity contribution in [3.05, 3.63) is 66.0 Å². The first-order valence-corrected chi connectivity index (χ1v) is 8.28. The van der Waals surface area contributed by atoms with Crippen molar-refractivity contribution < 1.29 is 9.47 Å². The van der Waals surface area contributed by atoms with E-state index < -0.39 is 0 Å². The van der Waals surface area contributed by atoms with Gasteiger partial charge in [-0.05, 0) is 29.1 Å². The van der Waals surface area contributed by atoms with Gasteiger partial charge in [-0.3, -0.25) is 4.98 Å². The number of aromatic nitrogens is 1. The van der Waals surface area contributed by atoms with Gasteiger partial charge in [-0.1, -0.05) is 30.3 Å². The van der Waals surface area contributed by atoms with Gasteiger partial charge in [0.15, 0.2) is 17.5 Å². The molecule has 0 spiro atoms. The standard InChI is InChI=1S/C20H22N4O2.HI/c1-25-18-8-7-14(11-19(18)26-2)12-23-20(21)24-13-17-16-6-4-3-5-15(16)9-10-22-17;/h3-11H,12-13H2,1-2H3,(H3,21,23,24);1H. The molecular formula is C20H23IN4O2. The highest BCUT2D eigenvalue weighted by atomic mass is 127. The van der Waals surface area contributed by atoms with Crippen LogP contribution in [0.4, 0.5) is 0 Å². The number of hydrogen-bond donors (Lipinski definition) is 2. The highest BCUT2D eigenvalue weighted by Crippen LogP contribution is 2.27. The van der Waals surface area contributed by atoms with E-state index in [1.54, 1.807) is 20.4 Å². The second-order valence-electron chi connectivity index (χ2n) is 5.72. The lowest BCUT2D eigenvalue weighted by molar-refractivity contribution is 0.354. The maximum absolute atomic E-state index is 6.00. The molecule has 7 heteroatoms. The van der Waals surface area contributed by atoms with Gasteiger partial charge in [0.2, 0.25) is 0 Å². The molecule has 0 amide bonds. The van der Waals surface area contributed by atoms with Gasteiger partial charge in [0.05, 0.1) is 33.0 Å². The van der Waals surface area contributed by atoms with Crippen molar-refractivity contribution in [3.8, 4) is 11.5 Å². The summed E-state index contributed by atoms with van der Waals surface area (Å²) >= 11 is 0. The number of guanidine groups is 1. The van der Waals surface area contributed by atoms with Gasteiger partial charge >= 0.3 is 0 Å². The van der Waals surface area contributed by atoms with Gasteiger partial charge in [-0.2, -0.15) is 0 Å². The van der Waals surface area contributed by atoms with Crippen molar-refractivity contribution >= 4 is 40.7 Å².